The highest BCUT2D eigenvalue weighted by atomic mass is 16.6. The molecule has 0 aliphatic rings. The van der Waals surface area contributed by atoms with Gasteiger partial charge in [-0.05, 0) is 26.3 Å². The molecule has 1 rings (SSSR count). The third-order valence-corrected chi connectivity index (χ3v) is 2.66. The second-order valence-corrected chi connectivity index (χ2v) is 5.63. The van der Waals surface area contributed by atoms with Crippen LogP contribution in [-0.2, 0) is 16.1 Å². The summed E-state index contributed by atoms with van der Waals surface area (Å²) in [6, 6.07) is 7.60. The Morgan fingerprint density at radius 3 is 2.24 bits per heavy atom. The Balaban J connectivity index is 2.99. The fraction of sp³-hybridized carbons (Fsp3) is 0.467. The van der Waals surface area contributed by atoms with Gasteiger partial charge in [0.25, 0.3) is 0 Å². The van der Waals surface area contributed by atoms with E-state index >= 15 is 0 Å². The summed E-state index contributed by atoms with van der Waals surface area (Å²) in [5, 5.41) is 18.4. The first kappa shape index (κ1) is 17.0. The SMILES string of the molecule is CC(C)(C)OC(=O)N(Cc1ccccc1)C(CO)C(=O)O. The Labute approximate surface area is 124 Å². The van der Waals surface area contributed by atoms with Crippen LogP contribution in [0.3, 0.4) is 0 Å². The molecule has 0 saturated heterocycles. The minimum Gasteiger partial charge on any atom is -0.480 e. The maximum absolute atomic E-state index is 12.2. The molecule has 21 heavy (non-hydrogen) atoms. The maximum atomic E-state index is 12.2. The van der Waals surface area contributed by atoms with Crippen LogP contribution in [0.15, 0.2) is 30.3 Å². The maximum Gasteiger partial charge on any atom is 0.411 e. The van der Waals surface area contributed by atoms with Gasteiger partial charge in [0.05, 0.1) is 13.2 Å². The number of carboxylic acid groups (broad SMARTS) is 1. The molecule has 116 valence electrons. The lowest BCUT2D eigenvalue weighted by atomic mass is 10.1. The van der Waals surface area contributed by atoms with Gasteiger partial charge in [-0.3, -0.25) is 4.90 Å². The predicted octanol–water partition coefficient (Wildman–Crippen LogP) is 1.87. The normalized spacial score (nSPS) is 12.6. The lowest BCUT2D eigenvalue weighted by Crippen LogP contribution is -2.48. The Hall–Kier alpha value is -2.08. The summed E-state index contributed by atoms with van der Waals surface area (Å²) in [5.74, 6) is -1.28. The predicted molar refractivity (Wildman–Crippen MR) is 76.7 cm³/mol. The molecular formula is C15H21NO5. The Morgan fingerprint density at radius 1 is 1.24 bits per heavy atom. The molecule has 0 bridgehead atoms. The molecule has 0 aromatic heterocycles. The molecule has 0 aliphatic heterocycles. The van der Waals surface area contributed by atoms with Crippen LogP contribution in [0, 0.1) is 0 Å². The van der Waals surface area contributed by atoms with E-state index in [9.17, 15) is 14.7 Å². The summed E-state index contributed by atoms with van der Waals surface area (Å²) in [6.45, 7) is 4.45. The van der Waals surface area contributed by atoms with Crippen molar-refractivity contribution in [2.24, 2.45) is 0 Å². The molecule has 1 amide bonds. The van der Waals surface area contributed by atoms with Crippen molar-refractivity contribution in [2.45, 2.75) is 39.0 Å². The van der Waals surface area contributed by atoms with Gasteiger partial charge in [0.1, 0.15) is 5.60 Å². The van der Waals surface area contributed by atoms with E-state index in [2.05, 4.69) is 0 Å². The van der Waals surface area contributed by atoms with Crippen molar-refractivity contribution in [2.75, 3.05) is 6.61 Å². The summed E-state index contributed by atoms with van der Waals surface area (Å²) in [5.41, 5.74) is 0.00733. The summed E-state index contributed by atoms with van der Waals surface area (Å²) in [7, 11) is 0. The van der Waals surface area contributed by atoms with E-state index in [0.29, 0.717) is 0 Å². The van der Waals surface area contributed by atoms with E-state index in [1.165, 1.54) is 0 Å². The first-order chi connectivity index (χ1) is 9.74. The van der Waals surface area contributed by atoms with Crippen molar-refractivity contribution < 1.29 is 24.5 Å². The van der Waals surface area contributed by atoms with Gasteiger partial charge in [0.2, 0.25) is 0 Å². The topological polar surface area (TPSA) is 87.1 Å². The first-order valence-electron chi connectivity index (χ1n) is 6.62. The highest BCUT2D eigenvalue weighted by Crippen LogP contribution is 2.15. The molecule has 1 unspecified atom stereocenters. The number of aliphatic carboxylic acids is 1. The minimum atomic E-state index is -1.35. The number of aliphatic hydroxyl groups is 1. The smallest absolute Gasteiger partial charge is 0.411 e. The van der Waals surface area contributed by atoms with Gasteiger partial charge in [0, 0.05) is 0 Å². The minimum absolute atomic E-state index is 0.0489. The summed E-state index contributed by atoms with van der Waals surface area (Å²) in [4.78, 5) is 24.4. The lowest BCUT2D eigenvalue weighted by Gasteiger charge is -2.30. The fourth-order valence-electron chi connectivity index (χ4n) is 1.71. The fourth-order valence-corrected chi connectivity index (χ4v) is 1.71. The van der Waals surface area contributed by atoms with Crippen LogP contribution in [0.25, 0.3) is 0 Å². The number of hydrogen-bond donors (Lipinski definition) is 2. The number of amides is 1. The number of ether oxygens (including phenoxy) is 1. The van der Waals surface area contributed by atoms with Crippen LogP contribution in [-0.4, -0.2) is 45.4 Å². The Morgan fingerprint density at radius 2 is 1.81 bits per heavy atom. The van der Waals surface area contributed by atoms with Crippen LogP contribution in [0.5, 0.6) is 0 Å². The van der Waals surface area contributed by atoms with E-state index < -0.39 is 30.3 Å². The zero-order valence-corrected chi connectivity index (χ0v) is 12.4. The second-order valence-electron chi connectivity index (χ2n) is 5.63. The highest BCUT2D eigenvalue weighted by Gasteiger charge is 2.32. The van der Waals surface area contributed by atoms with E-state index in [4.69, 9.17) is 9.84 Å². The van der Waals surface area contributed by atoms with E-state index in [-0.39, 0.29) is 6.54 Å². The number of carbonyl (C=O) groups is 2. The molecular weight excluding hydrogens is 274 g/mol. The highest BCUT2D eigenvalue weighted by molar-refractivity contribution is 5.80. The molecule has 2 N–H and O–H groups in total. The van der Waals surface area contributed by atoms with Crippen LogP contribution >= 0.6 is 0 Å². The van der Waals surface area contributed by atoms with Gasteiger partial charge in [-0.1, -0.05) is 30.3 Å². The van der Waals surface area contributed by atoms with Crippen molar-refractivity contribution in [3.63, 3.8) is 0 Å². The van der Waals surface area contributed by atoms with E-state index in [1.54, 1.807) is 45.0 Å². The van der Waals surface area contributed by atoms with Crippen molar-refractivity contribution in [1.82, 2.24) is 4.90 Å². The average Bonchev–Trinajstić information content (AvgIpc) is 2.37. The number of aliphatic hydroxyl groups excluding tert-OH is 1. The molecule has 1 aromatic rings. The number of carboxylic acids is 1. The molecule has 6 nitrogen and oxygen atoms in total. The zero-order valence-electron chi connectivity index (χ0n) is 12.4. The average molecular weight is 295 g/mol. The van der Waals surface area contributed by atoms with Crippen LogP contribution in [0.4, 0.5) is 4.79 Å². The molecule has 0 spiro atoms. The molecule has 0 saturated carbocycles. The molecule has 1 atom stereocenters. The second kappa shape index (κ2) is 7.08. The summed E-state index contributed by atoms with van der Waals surface area (Å²) < 4.78 is 5.22. The molecule has 0 fully saturated rings. The Bertz CT molecular complexity index is 481. The summed E-state index contributed by atoms with van der Waals surface area (Å²) in [6.07, 6.45) is -0.771. The summed E-state index contributed by atoms with van der Waals surface area (Å²) >= 11 is 0. The monoisotopic (exact) mass is 295 g/mol. The van der Waals surface area contributed by atoms with Gasteiger partial charge in [-0.2, -0.15) is 0 Å². The van der Waals surface area contributed by atoms with Crippen LogP contribution < -0.4 is 0 Å². The van der Waals surface area contributed by atoms with Crippen LogP contribution in [0.1, 0.15) is 26.3 Å². The number of benzene rings is 1. The van der Waals surface area contributed by atoms with E-state index in [1.807, 2.05) is 6.07 Å². The van der Waals surface area contributed by atoms with Crippen molar-refractivity contribution in [3.8, 4) is 0 Å². The number of rotatable bonds is 5. The van der Waals surface area contributed by atoms with Crippen molar-refractivity contribution in [1.29, 1.82) is 0 Å². The van der Waals surface area contributed by atoms with Crippen LogP contribution in [0.2, 0.25) is 0 Å². The van der Waals surface area contributed by atoms with Gasteiger partial charge in [-0.25, -0.2) is 9.59 Å². The third-order valence-electron chi connectivity index (χ3n) is 2.66. The number of carbonyl (C=O) groups excluding carboxylic acids is 1. The van der Waals surface area contributed by atoms with Crippen molar-refractivity contribution >= 4 is 12.1 Å². The van der Waals surface area contributed by atoms with Crippen molar-refractivity contribution in [3.05, 3.63) is 35.9 Å². The quantitative estimate of drug-likeness (QED) is 0.866. The third kappa shape index (κ3) is 5.43. The van der Waals surface area contributed by atoms with Gasteiger partial charge < -0.3 is 14.9 Å². The molecule has 0 radical (unpaired) electrons. The van der Waals surface area contributed by atoms with Gasteiger partial charge >= 0.3 is 12.1 Å². The van der Waals surface area contributed by atoms with Gasteiger partial charge in [-0.15, -0.1) is 0 Å². The number of hydrogen-bond acceptors (Lipinski definition) is 4. The Kier molecular flexibility index (Phi) is 5.72. The molecule has 0 heterocycles. The largest absolute Gasteiger partial charge is 0.480 e. The first-order valence-corrected chi connectivity index (χ1v) is 6.62. The molecule has 0 aliphatic carbocycles. The molecule has 6 heteroatoms. The zero-order chi connectivity index (χ0) is 16.0. The van der Waals surface area contributed by atoms with Gasteiger partial charge in [0.15, 0.2) is 6.04 Å². The van der Waals surface area contributed by atoms with E-state index in [0.717, 1.165) is 10.5 Å². The lowest BCUT2D eigenvalue weighted by molar-refractivity contribution is -0.144. The molecule has 1 aromatic carbocycles. The standard InChI is InChI=1S/C15H21NO5/c1-15(2,3)21-14(20)16(12(10-17)13(18)19)9-11-7-5-4-6-8-11/h4-8,12,17H,9-10H2,1-3H3,(H,18,19). The number of nitrogens with zero attached hydrogens (tertiary/aromatic N) is 1.